The van der Waals surface area contributed by atoms with Crippen LogP contribution >= 0.6 is 0 Å². The molecule has 3 heterocycles. The van der Waals surface area contributed by atoms with Crippen LogP contribution in [-0.4, -0.2) is 14.5 Å². The van der Waals surface area contributed by atoms with Crippen LogP contribution in [0.4, 0.5) is 0 Å². The molecule has 0 N–H and O–H groups in total. The van der Waals surface area contributed by atoms with Crippen molar-refractivity contribution in [3.63, 3.8) is 0 Å². The normalized spacial score (nSPS) is 11.8. The van der Waals surface area contributed by atoms with E-state index >= 15 is 0 Å². The molecule has 0 amide bonds. The maximum atomic E-state index is 6.42. The van der Waals surface area contributed by atoms with Gasteiger partial charge in [-0.25, -0.2) is 9.97 Å². The molecule has 9 aromatic rings. The molecule has 3 aromatic heterocycles. The van der Waals surface area contributed by atoms with E-state index in [1.165, 1.54) is 27.1 Å². The fourth-order valence-corrected chi connectivity index (χ4v) is 6.20. The van der Waals surface area contributed by atoms with E-state index in [2.05, 4.69) is 120 Å². The number of nitrogens with zero attached hydrogens (tertiary/aromatic N) is 3. The largest absolute Gasteiger partial charge is 0.452 e. The van der Waals surface area contributed by atoms with Crippen molar-refractivity contribution in [3.8, 4) is 28.3 Å². The summed E-state index contributed by atoms with van der Waals surface area (Å²) in [5.41, 5.74) is 8.54. The average Bonchev–Trinajstić information content (AvgIpc) is 3.59. The Morgan fingerprint density at radius 1 is 0.476 bits per heavy atom. The zero-order chi connectivity index (χ0) is 27.6. The van der Waals surface area contributed by atoms with Gasteiger partial charge in [0.1, 0.15) is 16.8 Å². The molecular weight excluding hydrogens is 514 g/mol. The molecule has 0 aliphatic carbocycles. The molecule has 0 saturated heterocycles. The van der Waals surface area contributed by atoms with E-state index in [0.29, 0.717) is 11.5 Å². The highest BCUT2D eigenvalue weighted by molar-refractivity contribution is 6.14. The molecular formula is C38H23N3O. The first-order chi connectivity index (χ1) is 20.8. The van der Waals surface area contributed by atoms with Gasteiger partial charge in [0, 0.05) is 21.7 Å². The summed E-state index contributed by atoms with van der Waals surface area (Å²) >= 11 is 0. The highest BCUT2D eigenvalue weighted by atomic mass is 16.3. The van der Waals surface area contributed by atoms with Gasteiger partial charge in [-0.05, 0) is 52.2 Å². The maximum Gasteiger partial charge on any atom is 0.236 e. The summed E-state index contributed by atoms with van der Waals surface area (Å²) in [5.74, 6) is 0.623. The Morgan fingerprint density at radius 2 is 1.12 bits per heavy atom. The topological polar surface area (TPSA) is 43.9 Å². The summed E-state index contributed by atoms with van der Waals surface area (Å²) in [6, 6.07) is 48.5. The lowest BCUT2D eigenvalue weighted by atomic mass is 10.0. The van der Waals surface area contributed by atoms with E-state index in [4.69, 9.17) is 14.4 Å². The van der Waals surface area contributed by atoms with Crippen molar-refractivity contribution in [2.75, 3.05) is 0 Å². The first-order valence-electron chi connectivity index (χ1n) is 14.1. The van der Waals surface area contributed by atoms with Gasteiger partial charge in [-0.1, -0.05) is 109 Å². The number of aromatic nitrogens is 3. The van der Waals surface area contributed by atoms with Crippen molar-refractivity contribution in [2.24, 2.45) is 0 Å². The van der Waals surface area contributed by atoms with Crippen LogP contribution in [0, 0.1) is 0 Å². The molecule has 0 radical (unpaired) electrons. The lowest BCUT2D eigenvalue weighted by Crippen LogP contribution is -2.02. The van der Waals surface area contributed by atoms with E-state index in [-0.39, 0.29) is 0 Å². The smallest absolute Gasteiger partial charge is 0.236 e. The molecule has 9 rings (SSSR count). The van der Waals surface area contributed by atoms with Crippen molar-refractivity contribution in [1.29, 1.82) is 0 Å². The van der Waals surface area contributed by atoms with Crippen molar-refractivity contribution in [2.45, 2.75) is 0 Å². The van der Waals surface area contributed by atoms with Crippen LogP contribution in [0.25, 0.3) is 83.0 Å². The van der Waals surface area contributed by atoms with E-state index in [9.17, 15) is 0 Å². The number of para-hydroxylation sites is 2. The van der Waals surface area contributed by atoms with Crippen molar-refractivity contribution >= 4 is 54.6 Å². The van der Waals surface area contributed by atoms with E-state index in [1.54, 1.807) is 0 Å². The highest BCUT2D eigenvalue weighted by Gasteiger charge is 2.21. The molecule has 0 unspecified atom stereocenters. The number of fused-ring (bicyclic) bond motifs is 7. The molecule has 42 heavy (non-hydrogen) atoms. The van der Waals surface area contributed by atoms with Crippen molar-refractivity contribution < 1.29 is 4.42 Å². The third-order valence-corrected chi connectivity index (χ3v) is 8.21. The number of furan rings is 1. The molecule has 4 heteroatoms. The van der Waals surface area contributed by atoms with Crippen LogP contribution in [-0.2, 0) is 0 Å². The van der Waals surface area contributed by atoms with Gasteiger partial charge in [-0.2, -0.15) is 0 Å². The Balaban J connectivity index is 1.35. The molecule has 196 valence electrons. The van der Waals surface area contributed by atoms with E-state index < -0.39 is 0 Å². The van der Waals surface area contributed by atoms with Gasteiger partial charge in [0.25, 0.3) is 0 Å². The van der Waals surface area contributed by atoms with Crippen LogP contribution in [0.1, 0.15) is 0 Å². The lowest BCUT2D eigenvalue weighted by molar-refractivity contribution is 0.666. The van der Waals surface area contributed by atoms with Crippen LogP contribution in [0.15, 0.2) is 144 Å². The molecule has 0 aliphatic heterocycles. The summed E-state index contributed by atoms with van der Waals surface area (Å²) in [6.45, 7) is 0. The Labute approximate surface area is 241 Å². The second-order valence-corrected chi connectivity index (χ2v) is 10.7. The lowest BCUT2D eigenvalue weighted by Gasteiger charge is -2.10. The van der Waals surface area contributed by atoms with E-state index in [1.807, 2.05) is 24.3 Å². The van der Waals surface area contributed by atoms with Gasteiger partial charge in [-0.15, -0.1) is 0 Å². The SMILES string of the molecule is c1ccc(-c2ccc(-c3nc(-n4c5ccccc5c5cc6ccccc6cc54)nc4c3oc3ccccc34)cc2)cc1. The second-order valence-electron chi connectivity index (χ2n) is 10.7. The average molecular weight is 538 g/mol. The minimum Gasteiger partial charge on any atom is -0.452 e. The molecule has 0 aliphatic rings. The Morgan fingerprint density at radius 3 is 1.95 bits per heavy atom. The van der Waals surface area contributed by atoms with Crippen molar-refractivity contribution in [3.05, 3.63) is 140 Å². The van der Waals surface area contributed by atoms with Gasteiger partial charge in [0.2, 0.25) is 5.95 Å². The minimum absolute atomic E-state index is 0.623. The van der Waals surface area contributed by atoms with E-state index in [0.717, 1.165) is 44.3 Å². The predicted molar refractivity (Wildman–Crippen MR) is 172 cm³/mol. The second kappa shape index (κ2) is 8.88. The van der Waals surface area contributed by atoms with Crippen LogP contribution < -0.4 is 0 Å². The zero-order valence-corrected chi connectivity index (χ0v) is 22.5. The predicted octanol–water partition coefficient (Wildman–Crippen LogP) is 9.96. The molecule has 0 fully saturated rings. The zero-order valence-electron chi connectivity index (χ0n) is 22.5. The van der Waals surface area contributed by atoms with Gasteiger partial charge >= 0.3 is 0 Å². The van der Waals surface area contributed by atoms with Crippen LogP contribution in [0.5, 0.6) is 0 Å². The van der Waals surface area contributed by atoms with Gasteiger partial charge in [0.05, 0.1) is 11.0 Å². The molecule has 0 saturated carbocycles. The van der Waals surface area contributed by atoms with Gasteiger partial charge in [0.15, 0.2) is 5.58 Å². The highest BCUT2D eigenvalue weighted by Crippen LogP contribution is 2.38. The summed E-state index contributed by atoms with van der Waals surface area (Å²) in [7, 11) is 0. The first kappa shape index (κ1) is 23.0. The number of hydrogen-bond acceptors (Lipinski definition) is 3. The van der Waals surface area contributed by atoms with Crippen LogP contribution in [0.2, 0.25) is 0 Å². The fraction of sp³-hybridized carbons (Fsp3) is 0. The third kappa shape index (κ3) is 3.42. The summed E-state index contributed by atoms with van der Waals surface area (Å²) in [6.07, 6.45) is 0. The monoisotopic (exact) mass is 537 g/mol. The minimum atomic E-state index is 0.623. The quantitative estimate of drug-likeness (QED) is 0.225. The first-order valence-corrected chi connectivity index (χ1v) is 14.1. The third-order valence-electron chi connectivity index (χ3n) is 8.21. The summed E-state index contributed by atoms with van der Waals surface area (Å²) in [5, 5.41) is 5.72. The standard InChI is InChI=1S/C38H23N3O/c1-2-10-24(11-3-1)25-18-20-26(21-19-25)35-37-36(30-15-7-9-17-34(30)42-37)40-38(39-35)41-32-16-8-6-14-29(32)31-22-27-12-4-5-13-28(27)23-33(31)41/h1-23H. The molecule has 4 nitrogen and oxygen atoms in total. The summed E-state index contributed by atoms with van der Waals surface area (Å²) in [4.78, 5) is 10.4. The number of hydrogen-bond donors (Lipinski definition) is 0. The fourth-order valence-electron chi connectivity index (χ4n) is 6.20. The maximum absolute atomic E-state index is 6.42. The molecule has 0 bridgehead atoms. The van der Waals surface area contributed by atoms with Crippen molar-refractivity contribution in [1.82, 2.24) is 14.5 Å². The Hall–Kier alpha value is -5.74. The number of benzene rings is 6. The Kier molecular flexibility index (Phi) is 4.87. The summed E-state index contributed by atoms with van der Waals surface area (Å²) < 4.78 is 8.62. The molecule has 0 spiro atoms. The molecule has 6 aromatic carbocycles. The Bertz CT molecular complexity index is 2450. The van der Waals surface area contributed by atoms with Crippen LogP contribution in [0.3, 0.4) is 0 Å². The van der Waals surface area contributed by atoms with Gasteiger partial charge < -0.3 is 4.42 Å². The van der Waals surface area contributed by atoms with Gasteiger partial charge in [-0.3, -0.25) is 4.57 Å². The number of rotatable bonds is 3. The molecule has 0 atom stereocenters.